The van der Waals surface area contributed by atoms with E-state index in [0.717, 1.165) is 69.9 Å². The van der Waals surface area contributed by atoms with Crippen molar-refractivity contribution in [2.24, 2.45) is 0 Å². The first-order chi connectivity index (χ1) is 17.4. The van der Waals surface area contributed by atoms with Gasteiger partial charge in [0.15, 0.2) is 0 Å². The van der Waals surface area contributed by atoms with Crippen LogP contribution in [0.5, 0.6) is 5.75 Å². The average molecular weight is 519 g/mol. The van der Waals surface area contributed by atoms with E-state index >= 15 is 0 Å². The van der Waals surface area contributed by atoms with Gasteiger partial charge >= 0.3 is 0 Å². The number of methoxy groups -OCH3 is 1. The number of ether oxygens (including phenoxy) is 1. The maximum absolute atomic E-state index is 6.33. The molecule has 36 heavy (non-hydrogen) atoms. The fourth-order valence-electron chi connectivity index (χ4n) is 4.76. The molecule has 5 rings (SSSR count). The summed E-state index contributed by atoms with van der Waals surface area (Å²) in [6.07, 6.45) is 1.97. The van der Waals surface area contributed by atoms with Crippen molar-refractivity contribution < 1.29 is 4.74 Å². The van der Waals surface area contributed by atoms with E-state index in [4.69, 9.17) is 37.9 Å². The van der Waals surface area contributed by atoms with Crippen molar-refractivity contribution in [2.45, 2.75) is 25.8 Å². The fraction of sp³-hybridized carbons (Fsp3) is 0.241. The lowest BCUT2D eigenvalue weighted by atomic mass is 10.0. The second kappa shape index (κ2) is 10.4. The smallest absolute Gasteiger partial charge is 0.223 e. The normalized spacial score (nSPS) is 14.2. The molecule has 0 atom stereocenters. The highest BCUT2D eigenvalue weighted by molar-refractivity contribution is 6.32. The Bertz CT molecular complexity index is 1410. The van der Waals surface area contributed by atoms with Gasteiger partial charge in [0.05, 0.1) is 23.3 Å². The molecule has 0 unspecified atom stereocenters. The van der Waals surface area contributed by atoms with E-state index in [1.807, 2.05) is 61.5 Å². The van der Waals surface area contributed by atoms with Gasteiger partial charge in [-0.15, -0.1) is 0 Å². The molecule has 0 spiro atoms. The third-order valence-electron chi connectivity index (χ3n) is 6.76. The van der Waals surface area contributed by atoms with Crippen molar-refractivity contribution >= 4 is 45.8 Å². The highest BCUT2D eigenvalue weighted by Crippen LogP contribution is 2.37. The van der Waals surface area contributed by atoms with Crippen LogP contribution in [0.4, 0.5) is 5.95 Å². The van der Waals surface area contributed by atoms with Crippen LogP contribution in [0, 0.1) is 6.92 Å². The topological polar surface area (TPSA) is 50.3 Å². The summed E-state index contributed by atoms with van der Waals surface area (Å²) in [7, 11) is 1.64. The molecule has 1 saturated heterocycles. The minimum absolute atomic E-state index is 0.311. The second-order valence-corrected chi connectivity index (χ2v) is 9.89. The molecule has 0 aliphatic carbocycles. The van der Waals surface area contributed by atoms with Crippen LogP contribution in [0.25, 0.3) is 27.7 Å². The Morgan fingerprint density at radius 3 is 2.50 bits per heavy atom. The molecule has 1 N–H and O–H groups in total. The van der Waals surface area contributed by atoms with E-state index in [9.17, 15) is 0 Å². The molecular weight excluding hydrogens is 491 g/mol. The van der Waals surface area contributed by atoms with Gasteiger partial charge in [-0.1, -0.05) is 60.1 Å². The SMILES string of the molecule is C=C(c1ccc(Cl)cc1)N1CCC(Nc2nc(C)c3cc(-c4cccc(Cl)c4OC)ccc3n2)CC1. The largest absolute Gasteiger partial charge is 0.495 e. The average Bonchev–Trinajstić information content (AvgIpc) is 2.89. The Balaban J connectivity index is 1.29. The number of hydrogen-bond acceptors (Lipinski definition) is 5. The second-order valence-electron chi connectivity index (χ2n) is 9.04. The summed E-state index contributed by atoms with van der Waals surface area (Å²) in [5.74, 6) is 1.34. The van der Waals surface area contributed by atoms with E-state index < -0.39 is 0 Å². The first-order valence-electron chi connectivity index (χ1n) is 12.0. The number of nitrogens with zero attached hydrogens (tertiary/aromatic N) is 3. The van der Waals surface area contributed by atoms with Crippen LogP contribution in [0.15, 0.2) is 67.2 Å². The molecule has 3 aromatic carbocycles. The molecule has 184 valence electrons. The molecule has 7 heteroatoms. The monoisotopic (exact) mass is 518 g/mol. The van der Waals surface area contributed by atoms with Crippen molar-refractivity contribution in [3.8, 4) is 16.9 Å². The Hall–Kier alpha value is -3.28. The van der Waals surface area contributed by atoms with Crippen molar-refractivity contribution in [1.82, 2.24) is 14.9 Å². The number of halogens is 2. The van der Waals surface area contributed by atoms with E-state index in [1.54, 1.807) is 7.11 Å². The highest BCUT2D eigenvalue weighted by atomic mass is 35.5. The lowest BCUT2D eigenvalue weighted by molar-refractivity contribution is 0.309. The van der Waals surface area contributed by atoms with Gasteiger partial charge in [0.1, 0.15) is 5.75 Å². The molecular formula is C29H28Cl2N4O. The molecule has 0 saturated carbocycles. The Morgan fingerprint density at radius 2 is 1.78 bits per heavy atom. The quantitative estimate of drug-likeness (QED) is 0.286. The van der Waals surface area contributed by atoms with Crippen LogP contribution in [0.1, 0.15) is 24.1 Å². The van der Waals surface area contributed by atoms with Gasteiger partial charge in [0, 0.05) is 40.8 Å². The molecule has 5 nitrogen and oxygen atoms in total. The number of piperidine rings is 1. The zero-order valence-corrected chi connectivity index (χ0v) is 21.9. The highest BCUT2D eigenvalue weighted by Gasteiger charge is 2.22. The minimum atomic E-state index is 0.311. The molecule has 1 aliphatic rings. The Labute approximate surface area is 221 Å². The first-order valence-corrected chi connectivity index (χ1v) is 12.8. The van der Waals surface area contributed by atoms with Crippen LogP contribution in [0.3, 0.4) is 0 Å². The van der Waals surface area contributed by atoms with Crippen LogP contribution < -0.4 is 10.1 Å². The van der Waals surface area contributed by atoms with Crippen LogP contribution in [0.2, 0.25) is 10.0 Å². The zero-order chi connectivity index (χ0) is 25.2. The van der Waals surface area contributed by atoms with Crippen LogP contribution >= 0.6 is 23.2 Å². The van der Waals surface area contributed by atoms with Gasteiger partial charge in [-0.3, -0.25) is 0 Å². The predicted molar refractivity (Wildman–Crippen MR) is 150 cm³/mol. The van der Waals surface area contributed by atoms with Crippen molar-refractivity contribution in [1.29, 1.82) is 0 Å². The third-order valence-corrected chi connectivity index (χ3v) is 7.31. The van der Waals surface area contributed by atoms with E-state index in [0.29, 0.717) is 22.8 Å². The maximum atomic E-state index is 6.33. The lowest BCUT2D eigenvalue weighted by Gasteiger charge is -2.35. The summed E-state index contributed by atoms with van der Waals surface area (Å²) in [5.41, 5.74) is 5.94. The Morgan fingerprint density at radius 1 is 1.03 bits per heavy atom. The number of rotatable bonds is 6. The minimum Gasteiger partial charge on any atom is -0.495 e. The number of benzene rings is 3. The first kappa shape index (κ1) is 24.4. The van der Waals surface area contributed by atoms with E-state index in [-0.39, 0.29) is 0 Å². The molecule has 1 aromatic heterocycles. The van der Waals surface area contributed by atoms with Crippen LogP contribution in [-0.4, -0.2) is 41.1 Å². The van der Waals surface area contributed by atoms with Gasteiger partial charge in [-0.05, 0) is 61.2 Å². The molecule has 4 aromatic rings. The third kappa shape index (κ3) is 4.99. The number of para-hydroxylation sites is 1. The van der Waals surface area contributed by atoms with Gasteiger partial charge in [0.25, 0.3) is 0 Å². The summed E-state index contributed by atoms with van der Waals surface area (Å²) in [6, 6.07) is 20.1. The molecule has 0 radical (unpaired) electrons. The number of aromatic nitrogens is 2. The van der Waals surface area contributed by atoms with Gasteiger partial charge in [-0.25, -0.2) is 9.97 Å². The number of fused-ring (bicyclic) bond motifs is 1. The summed E-state index contributed by atoms with van der Waals surface area (Å²) in [6.45, 7) is 8.18. The number of anilines is 1. The van der Waals surface area contributed by atoms with Crippen molar-refractivity contribution in [3.63, 3.8) is 0 Å². The standard InChI is InChI=1S/C29H28Cl2N4O/c1-18-25-17-21(24-5-4-6-26(31)28(24)36-3)9-12-27(25)34-29(32-18)33-23-13-15-35(16-14-23)19(2)20-7-10-22(30)11-8-20/h4-12,17,23H,2,13-16H2,1,3H3,(H,32,33,34). The van der Waals surface area contributed by atoms with Crippen molar-refractivity contribution in [2.75, 3.05) is 25.5 Å². The number of nitrogens with one attached hydrogen (secondary N) is 1. The number of hydrogen-bond donors (Lipinski definition) is 1. The van der Waals surface area contributed by atoms with Crippen molar-refractivity contribution in [3.05, 3.63) is 88.5 Å². The van der Waals surface area contributed by atoms with E-state index in [1.165, 1.54) is 0 Å². The zero-order valence-electron chi connectivity index (χ0n) is 20.4. The van der Waals surface area contributed by atoms with Gasteiger partial charge in [0.2, 0.25) is 5.95 Å². The summed E-state index contributed by atoms with van der Waals surface area (Å²) >= 11 is 12.4. The fourth-order valence-corrected chi connectivity index (χ4v) is 5.14. The molecule has 2 heterocycles. The maximum Gasteiger partial charge on any atom is 0.223 e. The van der Waals surface area contributed by atoms with E-state index in [2.05, 4.69) is 22.9 Å². The van der Waals surface area contributed by atoms with Gasteiger partial charge < -0.3 is 15.0 Å². The summed E-state index contributed by atoms with van der Waals surface area (Å²) < 4.78 is 5.54. The number of likely N-dealkylation sites (tertiary alicyclic amines) is 1. The molecule has 0 amide bonds. The van der Waals surface area contributed by atoms with Gasteiger partial charge in [-0.2, -0.15) is 0 Å². The number of aryl methyl sites for hydroxylation is 1. The lowest BCUT2D eigenvalue weighted by Crippen LogP contribution is -2.38. The molecule has 1 fully saturated rings. The summed E-state index contributed by atoms with van der Waals surface area (Å²) in [5, 5.41) is 5.89. The molecule has 1 aliphatic heterocycles. The predicted octanol–water partition coefficient (Wildman–Crippen LogP) is 7.47. The molecule has 0 bridgehead atoms. The Kier molecular flexibility index (Phi) is 7.04. The van der Waals surface area contributed by atoms with Crippen LogP contribution in [-0.2, 0) is 0 Å². The summed E-state index contributed by atoms with van der Waals surface area (Å²) in [4.78, 5) is 11.9.